The van der Waals surface area contributed by atoms with Crippen LogP contribution in [0.25, 0.3) is 27.4 Å². The van der Waals surface area contributed by atoms with Crippen molar-refractivity contribution in [3.8, 4) is 27.4 Å². The minimum absolute atomic E-state index is 0.104. The van der Waals surface area contributed by atoms with Crippen LogP contribution in [0, 0.1) is 5.82 Å². The Morgan fingerprint density at radius 1 is 1.10 bits per heavy atom. The summed E-state index contributed by atoms with van der Waals surface area (Å²) in [6.07, 6.45) is 1.63. The van der Waals surface area contributed by atoms with Gasteiger partial charge in [0.15, 0.2) is 0 Å². The van der Waals surface area contributed by atoms with Crippen molar-refractivity contribution in [3.63, 3.8) is 0 Å². The molecule has 9 nitrogen and oxygen atoms in total. The van der Waals surface area contributed by atoms with E-state index in [0.29, 0.717) is 12.2 Å². The monoisotopic (exact) mass is 543 g/mol. The molecule has 5 rings (SSSR count). The molecule has 2 aromatic carbocycles. The van der Waals surface area contributed by atoms with Crippen molar-refractivity contribution >= 4 is 17.2 Å². The van der Waals surface area contributed by atoms with Gasteiger partial charge in [0.2, 0.25) is 0 Å². The van der Waals surface area contributed by atoms with Gasteiger partial charge in [0.25, 0.3) is 11.5 Å². The summed E-state index contributed by atoms with van der Waals surface area (Å²) in [5.41, 5.74) is 3.64. The van der Waals surface area contributed by atoms with Gasteiger partial charge < -0.3 is 10.6 Å². The first-order valence-electron chi connectivity index (χ1n) is 12.2. The zero-order chi connectivity index (χ0) is 27.5. The average Bonchev–Trinajstić information content (AvgIpc) is 3.60. The number of thiophene rings is 1. The van der Waals surface area contributed by atoms with Gasteiger partial charge in [-0.3, -0.25) is 9.59 Å². The molecular formula is C28H26FN7O2S. The number of aryl methyl sites for hydroxylation is 1. The Hall–Kier alpha value is -4.48. The van der Waals surface area contributed by atoms with E-state index in [9.17, 15) is 14.0 Å². The van der Waals surface area contributed by atoms with Crippen LogP contribution in [-0.4, -0.2) is 37.7 Å². The van der Waals surface area contributed by atoms with Gasteiger partial charge in [-0.15, -0.1) is 16.4 Å². The summed E-state index contributed by atoms with van der Waals surface area (Å²) in [6.45, 7) is 2.48. The smallest absolute Gasteiger partial charge is 0.272 e. The van der Waals surface area contributed by atoms with Gasteiger partial charge >= 0.3 is 0 Å². The van der Waals surface area contributed by atoms with Gasteiger partial charge in [0.05, 0.1) is 23.6 Å². The first-order valence-corrected chi connectivity index (χ1v) is 13.1. The molecule has 0 fully saturated rings. The molecule has 0 aliphatic carbocycles. The minimum atomic E-state index is -0.417. The third-order valence-corrected chi connectivity index (χ3v) is 7.54. The lowest BCUT2D eigenvalue weighted by molar-refractivity contribution is 0.0933. The fraction of sp³-hybridized carbons (Fsp3) is 0.179. The fourth-order valence-corrected chi connectivity index (χ4v) is 5.32. The Morgan fingerprint density at radius 2 is 1.95 bits per heavy atom. The summed E-state index contributed by atoms with van der Waals surface area (Å²) < 4.78 is 16.8. The molecule has 1 atom stereocenters. The quantitative estimate of drug-likeness (QED) is 0.305. The average molecular weight is 544 g/mol. The molecule has 0 unspecified atom stereocenters. The van der Waals surface area contributed by atoms with E-state index in [1.54, 1.807) is 42.2 Å². The molecule has 0 aliphatic rings. The van der Waals surface area contributed by atoms with Crippen molar-refractivity contribution in [2.24, 2.45) is 7.05 Å². The van der Waals surface area contributed by atoms with Crippen molar-refractivity contribution in [2.45, 2.75) is 19.5 Å². The van der Waals surface area contributed by atoms with E-state index in [-0.39, 0.29) is 23.1 Å². The minimum Gasteiger partial charge on any atom is -0.343 e. The fourth-order valence-electron chi connectivity index (χ4n) is 4.26. The third-order valence-electron chi connectivity index (χ3n) is 6.24. The standard InChI is InChI=1S/C28H26FN7O2S/c1-17(25-10-11-26(39-25)22-14-20(29)8-7-19(22)15-30-2)32-28(38)23-9-12-27(37)36(33-23)21-6-4-5-18(13-21)24-16-31-34-35(24)3/h4-14,16-17,30H,15H2,1-3H3,(H,32,38)/t17-/m1/s1. The van der Waals surface area contributed by atoms with Crippen LogP contribution in [0.4, 0.5) is 4.39 Å². The topological polar surface area (TPSA) is 107 Å². The summed E-state index contributed by atoms with van der Waals surface area (Å²) >= 11 is 1.49. The molecule has 3 heterocycles. The number of aromatic nitrogens is 5. The van der Waals surface area contributed by atoms with Gasteiger partial charge in [-0.25, -0.2) is 9.07 Å². The predicted octanol–water partition coefficient (Wildman–Crippen LogP) is 4.11. The van der Waals surface area contributed by atoms with Crippen LogP contribution < -0.4 is 16.2 Å². The number of benzene rings is 2. The molecular weight excluding hydrogens is 517 g/mol. The van der Waals surface area contributed by atoms with E-state index >= 15 is 0 Å². The predicted molar refractivity (Wildman–Crippen MR) is 148 cm³/mol. The number of amides is 1. The Morgan fingerprint density at radius 3 is 2.72 bits per heavy atom. The van der Waals surface area contributed by atoms with Crippen LogP contribution in [0.3, 0.4) is 0 Å². The van der Waals surface area contributed by atoms with Gasteiger partial charge in [0, 0.05) is 35.0 Å². The first-order chi connectivity index (χ1) is 18.8. The lowest BCUT2D eigenvalue weighted by atomic mass is 10.1. The van der Waals surface area contributed by atoms with Crippen molar-refractivity contribution in [1.82, 2.24) is 35.4 Å². The molecule has 0 spiro atoms. The number of nitrogens with zero attached hydrogens (tertiary/aromatic N) is 5. The zero-order valence-electron chi connectivity index (χ0n) is 21.6. The van der Waals surface area contributed by atoms with Crippen LogP contribution >= 0.6 is 11.3 Å². The largest absolute Gasteiger partial charge is 0.343 e. The molecule has 2 N–H and O–H groups in total. The van der Waals surface area contributed by atoms with Gasteiger partial charge in [-0.05, 0) is 67.6 Å². The highest BCUT2D eigenvalue weighted by molar-refractivity contribution is 7.15. The van der Waals surface area contributed by atoms with Crippen molar-refractivity contribution in [1.29, 1.82) is 0 Å². The summed E-state index contributed by atoms with van der Waals surface area (Å²) in [6, 6.07) is 18.2. The Kier molecular flexibility index (Phi) is 7.44. The molecule has 0 radical (unpaired) electrons. The van der Waals surface area contributed by atoms with Crippen LogP contribution in [0.1, 0.15) is 33.9 Å². The van der Waals surface area contributed by atoms with Crippen LogP contribution in [0.2, 0.25) is 0 Å². The van der Waals surface area contributed by atoms with E-state index in [4.69, 9.17) is 0 Å². The Balaban J connectivity index is 1.37. The normalized spacial score (nSPS) is 11.9. The molecule has 0 saturated heterocycles. The molecule has 5 aromatic rings. The van der Waals surface area contributed by atoms with E-state index < -0.39 is 5.91 Å². The lowest BCUT2D eigenvalue weighted by Gasteiger charge is -2.13. The number of nitrogens with one attached hydrogen (secondary N) is 2. The highest BCUT2D eigenvalue weighted by atomic mass is 32.1. The van der Waals surface area contributed by atoms with Gasteiger partial charge in [0.1, 0.15) is 11.5 Å². The molecule has 11 heteroatoms. The maximum Gasteiger partial charge on any atom is 0.272 e. The molecule has 0 saturated carbocycles. The number of hydrogen-bond acceptors (Lipinski definition) is 7. The maximum absolute atomic E-state index is 14.0. The molecule has 1 amide bonds. The second-order valence-corrected chi connectivity index (χ2v) is 10.1. The maximum atomic E-state index is 14.0. The number of carbonyl (C=O) groups is 1. The van der Waals surface area contributed by atoms with Crippen LogP contribution in [0.5, 0.6) is 0 Å². The van der Waals surface area contributed by atoms with Crippen molar-refractivity contribution in [2.75, 3.05) is 7.05 Å². The molecule has 198 valence electrons. The molecule has 0 aliphatic heterocycles. The van der Waals surface area contributed by atoms with Crippen LogP contribution in [-0.2, 0) is 13.6 Å². The zero-order valence-corrected chi connectivity index (χ0v) is 22.4. The first kappa shape index (κ1) is 26.1. The summed E-state index contributed by atoms with van der Waals surface area (Å²) in [4.78, 5) is 27.6. The highest BCUT2D eigenvalue weighted by Gasteiger charge is 2.18. The summed E-state index contributed by atoms with van der Waals surface area (Å²) in [7, 11) is 3.62. The van der Waals surface area contributed by atoms with Gasteiger partial charge in [-0.2, -0.15) is 9.78 Å². The SMILES string of the molecule is CNCc1ccc(F)cc1-c1ccc([C@@H](C)NC(=O)c2ccc(=O)n(-c3cccc(-c4cnnn4C)c3)n2)s1. The highest BCUT2D eigenvalue weighted by Crippen LogP contribution is 2.34. The van der Waals surface area contributed by atoms with Crippen LogP contribution in [0.15, 0.2) is 77.7 Å². The Bertz CT molecular complexity index is 1710. The number of hydrogen-bond donors (Lipinski definition) is 2. The van der Waals surface area contributed by atoms with E-state index in [2.05, 4.69) is 26.0 Å². The summed E-state index contributed by atoms with van der Waals surface area (Å²) in [5.74, 6) is -0.718. The molecule has 3 aromatic heterocycles. The lowest BCUT2D eigenvalue weighted by Crippen LogP contribution is -2.30. The summed E-state index contributed by atoms with van der Waals surface area (Å²) in [5, 5.41) is 18.2. The van der Waals surface area contributed by atoms with E-state index in [0.717, 1.165) is 32.1 Å². The second kappa shape index (κ2) is 11.1. The number of rotatable bonds is 8. The number of halogens is 1. The molecule has 0 bridgehead atoms. The Labute approximate surface area is 227 Å². The van der Waals surface area contributed by atoms with Crippen molar-refractivity contribution in [3.05, 3.63) is 105 Å². The molecule has 39 heavy (non-hydrogen) atoms. The third kappa shape index (κ3) is 5.54. The number of carbonyl (C=O) groups excluding carboxylic acids is 1. The van der Waals surface area contributed by atoms with E-state index in [1.165, 1.54) is 40.3 Å². The van der Waals surface area contributed by atoms with E-state index in [1.807, 2.05) is 32.2 Å². The van der Waals surface area contributed by atoms with Gasteiger partial charge in [-0.1, -0.05) is 23.4 Å². The van der Waals surface area contributed by atoms with Crippen molar-refractivity contribution < 1.29 is 9.18 Å². The second-order valence-electron chi connectivity index (χ2n) is 8.99.